The molecular formula is C48H32BBr2IO2S2. The maximum absolute atomic E-state index is 9.38. The molecule has 0 aliphatic rings. The normalized spacial score (nSPS) is 10.9. The Morgan fingerprint density at radius 2 is 0.857 bits per heavy atom. The number of rotatable bonds is 4. The molecule has 0 unspecified atom stereocenters. The van der Waals surface area contributed by atoms with Crippen LogP contribution in [0.3, 0.4) is 0 Å². The highest BCUT2D eigenvalue weighted by atomic mass is 127. The van der Waals surface area contributed by atoms with Crippen LogP contribution in [0, 0.1) is 3.57 Å². The highest BCUT2D eigenvalue weighted by molar-refractivity contribution is 14.1. The summed E-state index contributed by atoms with van der Waals surface area (Å²) in [5, 5.41) is 24.0. The van der Waals surface area contributed by atoms with Crippen LogP contribution in [-0.4, -0.2) is 17.2 Å². The Balaban J connectivity index is 0.000000133. The molecule has 0 fully saturated rings. The molecule has 10 rings (SSSR count). The van der Waals surface area contributed by atoms with Crippen LogP contribution in [0.25, 0.3) is 73.7 Å². The summed E-state index contributed by atoms with van der Waals surface area (Å²) >= 11 is 12.8. The first-order valence-electron chi connectivity index (χ1n) is 17.9. The van der Waals surface area contributed by atoms with E-state index in [2.05, 4.69) is 200 Å². The summed E-state index contributed by atoms with van der Waals surface area (Å²) in [6, 6.07) is 62.9. The van der Waals surface area contributed by atoms with Gasteiger partial charge in [-0.2, -0.15) is 0 Å². The SMILES string of the molecule is Brc1ccc(-c2cccc(-c3cccc4c3sc3ccccc34)c2)cc1.Brc1ccc(I)cc1.OB(O)c1cccc(-c2cccc3c2sc2ccccc23)c1. The van der Waals surface area contributed by atoms with Crippen LogP contribution in [0.1, 0.15) is 0 Å². The van der Waals surface area contributed by atoms with E-state index in [0.29, 0.717) is 5.46 Å². The zero-order chi connectivity index (χ0) is 38.6. The number of thiophene rings is 2. The molecule has 2 N–H and O–H groups in total. The topological polar surface area (TPSA) is 40.5 Å². The highest BCUT2D eigenvalue weighted by Crippen LogP contribution is 2.41. The van der Waals surface area contributed by atoms with Crippen molar-refractivity contribution >= 4 is 130 Å². The molecule has 0 saturated heterocycles. The van der Waals surface area contributed by atoms with Gasteiger partial charge in [0.15, 0.2) is 0 Å². The largest absolute Gasteiger partial charge is 0.488 e. The van der Waals surface area contributed by atoms with Crippen molar-refractivity contribution in [2.75, 3.05) is 0 Å². The van der Waals surface area contributed by atoms with Crippen molar-refractivity contribution in [3.63, 3.8) is 0 Å². The van der Waals surface area contributed by atoms with E-state index >= 15 is 0 Å². The molecule has 2 nitrogen and oxygen atoms in total. The number of halogens is 3. The molecule has 8 heteroatoms. The number of benzene rings is 8. The van der Waals surface area contributed by atoms with Crippen molar-refractivity contribution in [3.8, 4) is 33.4 Å². The fourth-order valence-electron chi connectivity index (χ4n) is 6.75. The lowest BCUT2D eigenvalue weighted by atomic mass is 9.79. The third-order valence-corrected chi connectivity index (χ3v) is 13.7. The van der Waals surface area contributed by atoms with Crippen molar-refractivity contribution in [2.24, 2.45) is 0 Å². The summed E-state index contributed by atoms with van der Waals surface area (Å²) in [4.78, 5) is 0. The van der Waals surface area contributed by atoms with Gasteiger partial charge in [-0.15, -0.1) is 22.7 Å². The summed E-state index contributed by atoms with van der Waals surface area (Å²) in [6.07, 6.45) is 0. The van der Waals surface area contributed by atoms with Gasteiger partial charge in [-0.05, 0) is 116 Å². The van der Waals surface area contributed by atoms with Crippen LogP contribution in [0.5, 0.6) is 0 Å². The average Bonchev–Trinajstić information content (AvgIpc) is 3.82. The quantitative estimate of drug-likeness (QED) is 0.136. The predicted molar refractivity (Wildman–Crippen MR) is 259 cm³/mol. The molecule has 0 amide bonds. The average molecular weight is 1000 g/mol. The highest BCUT2D eigenvalue weighted by Gasteiger charge is 2.14. The number of fused-ring (bicyclic) bond motifs is 6. The van der Waals surface area contributed by atoms with Crippen LogP contribution in [-0.2, 0) is 0 Å². The van der Waals surface area contributed by atoms with Gasteiger partial charge in [-0.3, -0.25) is 0 Å². The maximum atomic E-state index is 9.38. The van der Waals surface area contributed by atoms with Crippen molar-refractivity contribution in [2.45, 2.75) is 0 Å². The van der Waals surface area contributed by atoms with Crippen molar-refractivity contribution in [3.05, 3.63) is 195 Å². The molecule has 0 aliphatic carbocycles. The van der Waals surface area contributed by atoms with E-state index in [0.717, 1.165) is 20.1 Å². The van der Waals surface area contributed by atoms with Crippen LogP contribution in [0.4, 0.5) is 0 Å². The lowest BCUT2D eigenvalue weighted by Crippen LogP contribution is -2.29. The van der Waals surface area contributed by atoms with Gasteiger partial charge in [-0.25, -0.2) is 0 Å². The van der Waals surface area contributed by atoms with Crippen molar-refractivity contribution < 1.29 is 10.0 Å². The third-order valence-electron chi connectivity index (χ3n) is 9.46. The molecular weight excluding hydrogens is 970 g/mol. The van der Waals surface area contributed by atoms with E-state index in [1.54, 1.807) is 17.4 Å². The smallest absolute Gasteiger partial charge is 0.423 e. The summed E-state index contributed by atoms with van der Waals surface area (Å²) in [5.41, 5.74) is 7.69. The Kier molecular flexibility index (Phi) is 12.2. The fraction of sp³-hybridized carbons (Fsp3) is 0. The number of hydrogen-bond donors (Lipinski definition) is 2. The predicted octanol–water partition coefficient (Wildman–Crippen LogP) is 14.6. The second kappa shape index (κ2) is 17.6. The Labute approximate surface area is 364 Å². The van der Waals surface area contributed by atoms with E-state index in [1.165, 1.54) is 66.2 Å². The van der Waals surface area contributed by atoms with Crippen molar-refractivity contribution in [1.82, 2.24) is 0 Å². The van der Waals surface area contributed by atoms with Gasteiger partial charge >= 0.3 is 7.12 Å². The third kappa shape index (κ3) is 8.57. The molecule has 56 heavy (non-hydrogen) atoms. The van der Waals surface area contributed by atoms with Gasteiger partial charge in [0.2, 0.25) is 0 Å². The van der Waals surface area contributed by atoms with Crippen LogP contribution in [0.15, 0.2) is 191 Å². The summed E-state index contributed by atoms with van der Waals surface area (Å²) in [6.45, 7) is 0. The Morgan fingerprint density at radius 1 is 0.411 bits per heavy atom. The van der Waals surface area contributed by atoms with E-state index < -0.39 is 7.12 Å². The molecule has 0 aliphatic heterocycles. The van der Waals surface area contributed by atoms with E-state index in [4.69, 9.17) is 0 Å². The monoisotopic (exact) mass is 1000 g/mol. The molecule has 0 atom stereocenters. The first-order valence-corrected chi connectivity index (χ1v) is 22.2. The minimum Gasteiger partial charge on any atom is -0.423 e. The maximum Gasteiger partial charge on any atom is 0.488 e. The molecule has 8 aromatic carbocycles. The first kappa shape index (κ1) is 38.7. The van der Waals surface area contributed by atoms with Gasteiger partial charge in [0.05, 0.1) is 0 Å². The summed E-state index contributed by atoms with van der Waals surface area (Å²) in [7, 11) is -1.44. The minimum atomic E-state index is -1.44. The second-order valence-electron chi connectivity index (χ2n) is 13.1. The molecule has 0 saturated carbocycles. The standard InChI is InChI=1S/C24H15BrS.C18H13BO2S.C6H4BrI/c25-19-13-11-16(12-14-19)17-5-3-6-18(15-17)20-8-4-9-22-21-7-1-2-10-23(21)26-24(20)22;20-19(21)13-6-3-5-12(11-13)14-8-4-9-16-15-7-1-2-10-17(15)22-18(14)16;7-5-1-3-6(8)4-2-5/h1-15H;1-11,20-21H;1-4H. The van der Waals surface area contributed by atoms with Crippen LogP contribution < -0.4 is 5.46 Å². The molecule has 0 bridgehead atoms. The van der Waals surface area contributed by atoms with E-state index in [9.17, 15) is 10.0 Å². The number of hydrogen-bond acceptors (Lipinski definition) is 4. The molecule has 2 heterocycles. The molecule has 0 spiro atoms. The van der Waals surface area contributed by atoms with E-state index in [-0.39, 0.29) is 0 Å². The zero-order valence-electron chi connectivity index (χ0n) is 29.7. The first-order chi connectivity index (χ1) is 27.3. The van der Waals surface area contributed by atoms with Gasteiger partial charge in [0.1, 0.15) is 0 Å². The summed E-state index contributed by atoms with van der Waals surface area (Å²) in [5.74, 6) is 0. The Hall–Kier alpha value is -4.13. The van der Waals surface area contributed by atoms with Crippen molar-refractivity contribution in [1.29, 1.82) is 0 Å². The van der Waals surface area contributed by atoms with Gasteiger partial charge in [0, 0.05) is 52.9 Å². The second-order valence-corrected chi connectivity index (χ2v) is 18.3. The molecule has 272 valence electrons. The molecule has 0 radical (unpaired) electrons. The zero-order valence-corrected chi connectivity index (χ0v) is 36.7. The van der Waals surface area contributed by atoms with Crippen LogP contribution in [0.2, 0.25) is 0 Å². The minimum absolute atomic E-state index is 0.510. The fourth-order valence-corrected chi connectivity index (χ4v) is 10.1. The lowest BCUT2D eigenvalue weighted by molar-refractivity contribution is 0.426. The van der Waals surface area contributed by atoms with E-state index in [1.807, 2.05) is 41.7 Å². The Bertz CT molecular complexity index is 2920. The molecule has 2 aromatic heterocycles. The lowest BCUT2D eigenvalue weighted by Gasteiger charge is -2.07. The van der Waals surface area contributed by atoms with Gasteiger partial charge in [-0.1, -0.05) is 159 Å². The van der Waals surface area contributed by atoms with Gasteiger partial charge in [0.25, 0.3) is 0 Å². The van der Waals surface area contributed by atoms with Crippen LogP contribution >= 0.6 is 77.1 Å². The van der Waals surface area contributed by atoms with Gasteiger partial charge < -0.3 is 10.0 Å². The Morgan fingerprint density at radius 3 is 1.39 bits per heavy atom. The molecule has 10 aromatic rings. The summed E-state index contributed by atoms with van der Waals surface area (Å²) < 4.78 is 8.72.